The predicted octanol–water partition coefficient (Wildman–Crippen LogP) is 13.3. The van der Waals surface area contributed by atoms with Gasteiger partial charge in [-0.25, -0.2) is 4.98 Å². The molecule has 5 heteroatoms. The number of hydrogen-bond acceptors (Lipinski definition) is 5. The summed E-state index contributed by atoms with van der Waals surface area (Å²) in [5, 5.41) is 7.57. The van der Waals surface area contributed by atoms with Crippen LogP contribution in [0.4, 0.5) is 17.1 Å². The molecule has 0 saturated carbocycles. The minimum atomic E-state index is 0.649. The van der Waals surface area contributed by atoms with Crippen molar-refractivity contribution < 1.29 is 4.42 Å². The zero-order valence-corrected chi connectivity index (χ0v) is 27.1. The van der Waals surface area contributed by atoms with Crippen molar-refractivity contribution in [3.05, 3.63) is 146 Å². The van der Waals surface area contributed by atoms with E-state index in [1.165, 1.54) is 51.1 Å². The Morgan fingerprint density at radius 3 is 1.79 bits per heavy atom. The molecule has 0 spiro atoms. The van der Waals surface area contributed by atoms with Crippen molar-refractivity contribution in [2.75, 3.05) is 4.90 Å². The summed E-state index contributed by atoms with van der Waals surface area (Å²) in [5.74, 6) is 1.48. The maximum Gasteiger partial charge on any atom is 0.227 e. The van der Waals surface area contributed by atoms with Crippen LogP contribution >= 0.6 is 22.7 Å². The van der Waals surface area contributed by atoms with E-state index in [9.17, 15) is 0 Å². The van der Waals surface area contributed by atoms with Crippen molar-refractivity contribution in [1.82, 2.24) is 4.98 Å². The van der Waals surface area contributed by atoms with Crippen molar-refractivity contribution >= 4 is 90.9 Å². The zero-order valence-electron chi connectivity index (χ0n) is 25.5. The number of nitrogens with zero attached hydrogens (tertiary/aromatic N) is 2. The van der Waals surface area contributed by atoms with E-state index >= 15 is 0 Å². The van der Waals surface area contributed by atoms with Crippen molar-refractivity contribution in [3.63, 3.8) is 0 Å². The molecule has 7 aromatic carbocycles. The van der Waals surface area contributed by atoms with E-state index in [0.717, 1.165) is 45.2 Å². The van der Waals surface area contributed by atoms with Gasteiger partial charge in [-0.05, 0) is 66.0 Å². The van der Waals surface area contributed by atoms with Gasteiger partial charge in [-0.1, -0.05) is 84.9 Å². The van der Waals surface area contributed by atoms with Crippen LogP contribution in [0.2, 0.25) is 0 Å². The molecular weight excluding hydrogens is 625 g/mol. The number of rotatable bonds is 4. The summed E-state index contributed by atoms with van der Waals surface area (Å²) in [6, 6.07) is 52.5. The van der Waals surface area contributed by atoms with Gasteiger partial charge < -0.3 is 9.32 Å². The Labute approximate surface area is 283 Å². The number of anilines is 3. The first-order valence-corrected chi connectivity index (χ1v) is 17.7. The highest BCUT2D eigenvalue weighted by molar-refractivity contribution is 7.26. The lowest BCUT2D eigenvalue weighted by molar-refractivity contribution is 0.590. The Morgan fingerprint density at radius 2 is 1.10 bits per heavy atom. The zero-order chi connectivity index (χ0) is 31.3. The minimum absolute atomic E-state index is 0.649. The summed E-state index contributed by atoms with van der Waals surface area (Å²) < 4.78 is 11.8. The summed E-state index contributed by atoms with van der Waals surface area (Å²) in [6.45, 7) is 0. The third-order valence-electron chi connectivity index (χ3n) is 9.61. The molecule has 48 heavy (non-hydrogen) atoms. The van der Waals surface area contributed by atoms with Crippen LogP contribution < -0.4 is 4.90 Å². The number of benzene rings is 7. The van der Waals surface area contributed by atoms with E-state index in [1.54, 1.807) is 0 Å². The van der Waals surface area contributed by atoms with Gasteiger partial charge in [0.05, 0.1) is 0 Å². The van der Waals surface area contributed by atoms with Crippen LogP contribution in [0.1, 0.15) is 0 Å². The second-order valence-corrected chi connectivity index (χ2v) is 14.5. The molecule has 0 unspecified atom stereocenters. The Kier molecular flexibility index (Phi) is 5.42. The molecule has 0 atom stereocenters. The van der Waals surface area contributed by atoms with E-state index in [4.69, 9.17) is 9.40 Å². The summed E-state index contributed by atoms with van der Waals surface area (Å²) in [5.41, 5.74) is 7.43. The van der Waals surface area contributed by atoms with E-state index in [-0.39, 0.29) is 0 Å². The SMILES string of the molecule is c1ccc(-c2nc3c(o2)-c2cc(N(c4ccc5c(c4)sc4ccccc45)c4ccc5c(c4)sc4ccccc45)cc4cccc-3c24)cc1. The highest BCUT2D eigenvalue weighted by Gasteiger charge is 2.30. The monoisotopic (exact) mass is 648 g/mol. The molecule has 3 nitrogen and oxygen atoms in total. The summed E-state index contributed by atoms with van der Waals surface area (Å²) >= 11 is 3.70. The van der Waals surface area contributed by atoms with Gasteiger partial charge in [0.15, 0.2) is 5.76 Å². The van der Waals surface area contributed by atoms with Crippen LogP contribution in [0.25, 0.3) is 85.2 Å². The average Bonchev–Trinajstić information content (AvgIpc) is 3.89. The fourth-order valence-electron chi connectivity index (χ4n) is 7.46. The van der Waals surface area contributed by atoms with Crippen molar-refractivity contribution in [1.29, 1.82) is 0 Å². The van der Waals surface area contributed by atoms with Crippen molar-refractivity contribution in [2.24, 2.45) is 0 Å². The van der Waals surface area contributed by atoms with Crippen LogP contribution in [0, 0.1) is 0 Å². The average molecular weight is 649 g/mol. The minimum Gasteiger partial charge on any atom is -0.435 e. The van der Waals surface area contributed by atoms with Gasteiger partial charge in [0.1, 0.15) is 5.69 Å². The Hall–Kier alpha value is -5.75. The van der Waals surface area contributed by atoms with E-state index < -0.39 is 0 Å². The Morgan fingerprint density at radius 1 is 0.479 bits per heavy atom. The first kappa shape index (κ1) is 26.3. The third-order valence-corrected chi connectivity index (χ3v) is 11.9. The van der Waals surface area contributed by atoms with Gasteiger partial charge in [-0.3, -0.25) is 0 Å². The van der Waals surface area contributed by atoms with Crippen LogP contribution in [0.5, 0.6) is 0 Å². The number of fused-ring (bicyclic) bond motifs is 9. The third kappa shape index (κ3) is 3.77. The summed E-state index contributed by atoms with van der Waals surface area (Å²) in [6.07, 6.45) is 0. The van der Waals surface area contributed by atoms with Gasteiger partial charge >= 0.3 is 0 Å². The Balaban J connectivity index is 1.15. The highest BCUT2D eigenvalue weighted by Crippen LogP contribution is 2.52. The van der Waals surface area contributed by atoms with Crippen LogP contribution in [-0.4, -0.2) is 4.98 Å². The molecule has 0 aliphatic heterocycles. The normalized spacial score (nSPS) is 12.2. The molecule has 0 bridgehead atoms. The molecule has 0 radical (unpaired) electrons. The first-order chi connectivity index (χ1) is 23.8. The van der Waals surface area contributed by atoms with E-state index in [1.807, 2.05) is 40.9 Å². The molecule has 0 fully saturated rings. The molecule has 3 aromatic heterocycles. The molecule has 0 saturated heterocycles. The first-order valence-electron chi connectivity index (χ1n) is 16.0. The van der Waals surface area contributed by atoms with Crippen LogP contribution in [-0.2, 0) is 0 Å². The second-order valence-electron chi connectivity index (χ2n) is 12.4. The molecule has 3 heterocycles. The summed E-state index contributed by atoms with van der Waals surface area (Å²) in [4.78, 5) is 7.43. The molecular formula is C43H24N2OS2. The molecule has 1 aliphatic carbocycles. The predicted molar refractivity (Wildman–Crippen MR) is 204 cm³/mol. The van der Waals surface area contributed by atoms with Gasteiger partial charge in [0, 0.05) is 79.5 Å². The van der Waals surface area contributed by atoms with E-state index in [0.29, 0.717) is 5.89 Å². The second kappa shape index (κ2) is 9.88. The molecule has 0 amide bonds. The van der Waals surface area contributed by atoms with Crippen LogP contribution in [0.15, 0.2) is 150 Å². The highest BCUT2D eigenvalue weighted by atomic mass is 32.1. The number of hydrogen-bond donors (Lipinski definition) is 0. The fraction of sp³-hybridized carbons (Fsp3) is 0. The van der Waals surface area contributed by atoms with Crippen molar-refractivity contribution in [3.8, 4) is 34.0 Å². The largest absolute Gasteiger partial charge is 0.435 e. The number of thiophene rings is 2. The quantitative estimate of drug-likeness (QED) is 0.190. The number of aromatic nitrogens is 1. The maximum absolute atomic E-state index is 6.59. The summed E-state index contributed by atoms with van der Waals surface area (Å²) in [7, 11) is 0. The fourth-order valence-corrected chi connectivity index (χ4v) is 9.74. The topological polar surface area (TPSA) is 29.3 Å². The molecule has 1 aliphatic rings. The molecule has 0 N–H and O–H groups in total. The van der Waals surface area contributed by atoms with Gasteiger partial charge in [-0.15, -0.1) is 22.7 Å². The van der Waals surface area contributed by atoms with Crippen LogP contribution in [0.3, 0.4) is 0 Å². The standard InChI is InChI=1S/C43H24N2OS2/c1-2-9-25(10-3-1)43-44-41-34-14-8-11-26-21-29(22-35(40(26)34)42(41)46-43)45(27-17-19-32-30-12-4-6-15-36(30)47-38(32)23-27)28-18-20-33-31-13-5-7-16-37(31)48-39(33)24-28/h1-24H. The van der Waals surface area contributed by atoms with Crippen molar-refractivity contribution in [2.45, 2.75) is 0 Å². The molecule has 11 rings (SSSR count). The Bertz CT molecular complexity index is 2800. The smallest absolute Gasteiger partial charge is 0.227 e. The van der Waals surface area contributed by atoms with Gasteiger partial charge in [-0.2, -0.15) is 0 Å². The van der Waals surface area contributed by atoms with E-state index in [2.05, 4.69) is 132 Å². The van der Waals surface area contributed by atoms with Gasteiger partial charge in [0.25, 0.3) is 0 Å². The molecule has 224 valence electrons. The lowest BCUT2D eigenvalue weighted by atomic mass is 10.0. The maximum atomic E-state index is 6.59. The number of oxazole rings is 1. The lowest BCUT2D eigenvalue weighted by Gasteiger charge is -2.26. The molecule has 10 aromatic rings. The van der Waals surface area contributed by atoms with Gasteiger partial charge in [0.2, 0.25) is 5.89 Å². The lowest BCUT2D eigenvalue weighted by Crippen LogP contribution is -2.10.